The third kappa shape index (κ3) is 3.95. The summed E-state index contributed by atoms with van der Waals surface area (Å²) in [5, 5.41) is 4.27. The van der Waals surface area contributed by atoms with Crippen LogP contribution in [0.3, 0.4) is 0 Å². The molecular formula is C12H18Cl2N2O. The fourth-order valence-electron chi connectivity index (χ4n) is 1.47. The first-order chi connectivity index (χ1) is 7.95. The van der Waals surface area contributed by atoms with Crippen LogP contribution in [0.4, 0.5) is 11.4 Å². The number of methoxy groups -OCH3 is 1. The molecule has 5 heteroatoms. The topological polar surface area (TPSA) is 47.3 Å². The van der Waals surface area contributed by atoms with E-state index in [9.17, 15) is 0 Å². The lowest BCUT2D eigenvalue weighted by Crippen LogP contribution is -2.30. The standard InChI is InChI=1S/C12H18Cl2N2O/c1-7(2)12(6-17-3)16-11-5-9(14)8(13)4-10(11)15/h4-5,7,12,16H,6,15H2,1-3H3. The Hall–Kier alpha value is -0.640. The average molecular weight is 277 g/mol. The third-order valence-electron chi connectivity index (χ3n) is 2.58. The van der Waals surface area contributed by atoms with Gasteiger partial charge in [-0.1, -0.05) is 37.0 Å². The predicted molar refractivity (Wildman–Crippen MR) is 75.0 cm³/mol. The smallest absolute Gasteiger partial charge is 0.0666 e. The molecule has 0 bridgehead atoms. The highest BCUT2D eigenvalue weighted by Gasteiger charge is 2.15. The van der Waals surface area contributed by atoms with E-state index in [0.29, 0.717) is 28.3 Å². The van der Waals surface area contributed by atoms with Crippen LogP contribution >= 0.6 is 23.2 Å². The molecule has 1 atom stereocenters. The molecule has 0 aromatic heterocycles. The van der Waals surface area contributed by atoms with Crippen molar-refractivity contribution in [1.29, 1.82) is 0 Å². The number of nitrogens with one attached hydrogen (secondary N) is 1. The van der Waals surface area contributed by atoms with E-state index in [1.54, 1.807) is 19.2 Å². The summed E-state index contributed by atoms with van der Waals surface area (Å²) in [6.07, 6.45) is 0. The van der Waals surface area contributed by atoms with Gasteiger partial charge in [0.1, 0.15) is 0 Å². The number of halogens is 2. The highest BCUT2D eigenvalue weighted by Crippen LogP contribution is 2.31. The van der Waals surface area contributed by atoms with Crippen LogP contribution in [0.5, 0.6) is 0 Å². The molecule has 1 aromatic carbocycles. The van der Waals surface area contributed by atoms with Gasteiger partial charge in [-0.05, 0) is 18.1 Å². The first-order valence-corrected chi connectivity index (χ1v) is 6.21. The van der Waals surface area contributed by atoms with Crippen molar-refractivity contribution in [3.8, 4) is 0 Å². The van der Waals surface area contributed by atoms with Gasteiger partial charge in [-0.25, -0.2) is 0 Å². The molecule has 0 saturated carbocycles. The van der Waals surface area contributed by atoms with Crippen LogP contribution in [0.25, 0.3) is 0 Å². The van der Waals surface area contributed by atoms with E-state index in [2.05, 4.69) is 19.2 Å². The van der Waals surface area contributed by atoms with Gasteiger partial charge in [-0.15, -0.1) is 0 Å². The van der Waals surface area contributed by atoms with E-state index in [4.69, 9.17) is 33.7 Å². The highest BCUT2D eigenvalue weighted by molar-refractivity contribution is 6.42. The largest absolute Gasteiger partial charge is 0.397 e. The number of ether oxygens (including phenoxy) is 1. The summed E-state index contributed by atoms with van der Waals surface area (Å²) in [7, 11) is 1.68. The Labute approximate surface area is 112 Å². The summed E-state index contributed by atoms with van der Waals surface area (Å²) < 4.78 is 5.17. The van der Waals surface area contributed by atoms with Crippen LogP contribution in [-0.2, 0) is 4.74 Å². The van der Waals surface area contributed by atoms with E-state index in [-0.39, 0.29) is 6.04 Å². The molecule has 96 valence electrons. The molecule has 17 heavy (non-hydrogen) atoms. The number of benzene rings is 1. The quantitative estimate of drug-likeness (QED) is 0.807. The lowest BCUT2D eigenvalue weighted by atomic mass is 10.0. The van der Waals surface area contributed by atoms with Crippen LogP contribution in [0.2, 0.25) is 10.0 Å². The minimum atomic E-state index is 0.180. The Bertz CT molecular complexity index is 383. The molecule has 0 heterocycles. The van der Waals surface area contributed by atoms with E-state index in [1.807, 2.05) is 0 Å². The molecule has 0 amide bonds. The molecule has 1 aromatic rings. The SMILES string of the molecule is COCC(Nc1cc(Cl)c(Cl)cc1N)C(C)C. The first-order valence-electron chi connectivity index (χ1n) is 5.45. The molecule has 1 rings (SSSR count). The normalized spacial score (nSPS) is 12.8. The fourth-order valence-corrected chi connectivity index (χ4v) is 1.80. The number of anilines is 2. The minimum absolute atomic E-state index is 0.180. The Kier molecular flexibility index (Phi) is 5.37. The average Bonchev–Trinajstić information content (AvgIpc) is 2.24. The van der Waals surface area contributed by atoms with Gasteiger partial charge in [0.05, 0.1) is 34.1 Å². The zero-order valence-corrected chi connectivity index (χ0v) is 11.8. The first kappa shape index (κ1) is 14.4. The lowest BCUT2D eigenvalue weighted by molar-refractivity contribution is 0.171. The molecule has 3 N–H and O–H groups in total. The highest BCUT2D eigenvalue weighted by atomic mass is 35.5. The molecular weight excluding hydrogens is 259 g/mol. The van der Waals surface area contributed by atoms with E-state index in [1.165, 1.54) is 0 Å². The van der Waals surface area contributed by atoms with Gasteiger partial charge in [-0.3, -0.25) is 0 Å². The second kappa shape index (κ2) is 6.34. The molecule has 0 fully saturated rings. The van der Waals surface area contributed by atoms with Crippen molar-refractivity contribution >= 4 is 34.6 Å². The Balaban J connectivity index is 2.89. The van der Waals surface area contributed by atoms with E-state index < -0.39 is 0 Å². The van der Waals surface area contributed by atoms with Crippen molar-refractivity contribution in [1.82, 2.24) is 0 Å². The van der Waals surface area contributed by atoms with Gasteiger partial charge in [-0.2, -0.15) is 0 Å². The minimum Gasteiger partial charge on any atom is -0.397 e. The van der Waals surface area contributed by atoms with E-state index in [0.717, 1.165) is 5.69 Å². The van der Waals surface area contributed by atoms with Crippen molar-refractivity contribution in [2.75, 3.05) is 24.8 Å². The molecule has 0 aliphatic heterocycles. The lowest BCUT2D eigenvalue weighted by Gasteiger charge is -2.23. The number of hydrogen-bond donors (Lipinski definition) is 2. The second-order valence-electron chi connectivity index (χ2n) is 4.30. The maximum absolute atomic E-state index is 5.97. The molecule has 0 aliphatic carbocycles. The summed E-state index contributed by atoms with van der Waals surface area (Å²) in [6.45, 7) is 4.84. The number of rotatable bonds is 5. The van der Waals surface area contributed by atoms with E-state index >= 15 is 0 Å². The van der Waals surface area contributed by atoms with Crippen molar-refractivity contribution < 1.29 is 4.74 Å². The Morgan fingerprint density at radius 3 is 2.41 bits per heavy atom. The van der Waals surface area contributed by atoms with Gasteiger partial charge in [0.15, 0.2) is 0 Å². The molecule has 0 spiro atoms. The Morgan fingerprint density at radius 2 is 1.88 bits per heavy atom. The van der Waals surface area contributed by atoms with Crippen molar-refractivity contribution in [2.45, 2.75) is 19.9 Å². The van der Waals surface area contributed by atoms with Crippen LogP contribution in [-0.4, -0.2) is 19.8 Å². The van der Waals surface area contributed by atoms with Crippen LogP contribution < -0.4 is 11.1 Å². The summed E-state index contributed by atoms with van der Waals surface area (Å²) in [4.78, 5) is 0. The van der Waals surface area contributed by atoms with Crippen molar-refractivity contribution in [2.24, 2.45) is 5.92 Å². The monoisotopic (exact) mass is 276 g/mol. The van der Waals surface area contributed by atoms with Crippen LogP contribution in [0, 0.1) is 5.92 Å². The summed E-state index contributed by atoms with van der Waals surface area (Å²) in [6, 6.07) is 3.57. The fraction of sp³-hybridized carbons (Fsp3) is 0.500. The van der Waals surface area contributed by atoms with Gasteiger partial charge in [0, 0.05) is 7.11 Å². The van der Waals surface area contributed by atoms with Gasteiger partial charge in [0.2, 0.25) is 0 Å². The second-order valence-corrected chi connectivity index (χ2v) is 5.12. The van der Waals surface area contributed by atoms with Gasteiger partial charge < -0.3 is 15.8 Å². The Morgan fingerprint density at radius 1 is 1.29 bits per heavy atom. The molecule has 0 radical (unpaired) electrons. The number of hydrogen-bond acceptors (Lipinski definition) is 3. The maximum Gasteiger partial charge on any atom is 0.0666 e. The van der Waals surface area contributed by atoms with Crippen molar-refractivity contribution in [3.63, 3.8) is 0 Å². The van der Waals surface area contributed by atoms with Crippen molar-refractivity contribution in [3.05, 3.63) is 22.2 Å². The summed E-state index contributed by atoms with van der Waals surface area (Å²) >= 11 is 11.8. The summed E-state index contributed by atoms with van der Waals surface area (Å²) in [5.74, 6) is 0.420. The van der Waals surface area contributed by atoms with Crippen LogP contribution in [0.15, 0.2) is 12.1 Å². The molecule has 0 saturated heterocycles. The third-order valence-corrected chi connectivity index (χ3v) is 3.31. The number of nitrogens with two attached hydrogens (primary N) is 1. The van der Waals surface area contributed by atoms with Gasteiger partial charge >= 0.3 is 0 Å². The number of nitrogen functional groups attached to an aromatic ring is 1. The molecule has 3 nitrogen and oxygen atoms in total. The predicted octanol–water partition coefficient (Wildman–Crippen LogP) is 3.66. The maximum atomic E-state index is 5.97. The van der Waals surface area contributed by atoms with Gasteiger partial charge in [0.25, 0.3) is 0 Å². The zero-order chi connectivity index (χ0) is 13.0. The molecule has 0 aliphatic rings. The summed E-state index contributed by atoms with van der Waals surface area (Å²) in [5.41, 5.74) is 7.26. The zero-order valence-electron chi connectivity index (χ0n) is 10.3. The van der Waals surface area contributed by atoms with Crippen LogP contribution in [0.1, 0.15) is 13.8 Å². The molecule has 1 unspecified atom stereocenters.